The molecule has 1 amide bonds. The number of likely N-dealkylation sites (N-methyl/N-ethyl adjacent to an activating group) is 1. The van der Waals surface area contributed by atoms with Gasteiger partial charge in [-0.2, -0.15) is 8.42 Å². The van der Waals surface area contributed by atoms with Crippen LogP contribution in [0.4, 0.5) is 4.39 Å². The van der Waals surface area contributed by atoms with E-state index in [1.807, 2.05) is 0 Å². The standard InChI is InChI=1S/C17H14BrFN2O4S2/c1-21-15(22)17(20-16(21)26,12-5-6-14(19)13(18)8-12)11-4-2-3-10(7-11)9-27(23,24)25/h2-8H,9H2,1H3,(H,20,26)(H,23,24,25). The molecule has 1 saturated heterocycles. The molecule has 1 aliphatic rings. The number of rotatable bonds is 4. The first-order valence-corrected chi connectivity index (χ1v) is 10.5. The van der Waals surface area contributed by atoms with Gasteiger partial charge < -0.3 is 5.32 Å². The molecule has 0 aromatic heterocycles. The number of amides is 1. The number of carbonyl (C=O) groups is 1. The third kappa shape index (κ3) is 3.62. The molecule has 27 heavy (non-hydrogen) atoms. The molecule has 10 heteroatoms. The van der Waals surface area contributed by atoms with Crippen LogP contribution in [0.3, 0.4) is 0 Å². The topological polar surface area (TPSA) is 86.7 Å². The summed E-state index contributed by atoms with van der Waals surface area (Å²) in [6, 6.07) is 10.4. The Morgan fingerprint density at radius 2 is 1.93 bits per heavy atom. The van der Waals surface area contributed by atoms with Crippen LogP contribution in [0.2, 0.25) is 0 Å². The number of hydrogen-bond donors (Lipinski definition) is 2. The van der Waals surface area contributed by atoms with Crippen molar-refractivity contribution in [1.82, 2.24) is 10.2 Å². The van der Waals surface area contributed by atoms with Gasteiger partial charge in [0.2, 0.25) is 0 Å². The largest absolute Gasteiger partial charge is 0.341 e. The van der Waals surface area contributed by atoms with Crippen molar-refractivity contribution in [3.63, 3.8) is 0 Å². The average molecular weight is 473 g/mol. The molecule has 0 radical (unpaired) electrons. The maximum Gasteiger partial charge on any atom is 0.269 e. The fraction of sp³-hybridized carbons (Fsp3) is 0.176. The second-order valence-electron chi connectivity index (χ2n) is 6.10. The van der Waals surface area contributed by atoms with Crippen LogP contribution < -0.4 is 5.32 Å². The van der Waals surface area contributed by atoms with Crippen LogP contribution in [0.15, 0.2) is 46.9 Å². The molecule has 2 aromatic carbocycles. The lowest BCUT2D eigenvalue weighted by atomic mass is 9.82. The van der Waals surface area contributed by atoms with E-state index in [1.54, 1.807) is 12.1 Å². The Kier molecular flexibility index (Phi) is 5.10. The van der Waals surface area contributed by atoms with Gasteiger partial charge in [0.25, 0.3) is 16.0 Å². The van der Waals surface area contributed by atoms with Gasteiger partial charge in [0.05, 0.1) is 4.47 Å². The fourth-order valence-corrected chi connectivity index (χ4v) is 4.25. The number of thiocarbonyl (C=S) groups is 1. The third-order valence-electron chi connectivity index (χ3n) is 4.29. The first-order chi connectivity index (χ1) is 12.5. The second kappa shape index (κ2) is 6.93. The molecule has 1 atom stereocenters. The van der Waals surface area contributed by atoms with Crippen molar-refractivity contribution in [3.05, 3.63) is 69.4 Å². The van der Waals surface area contributed by atoms with E-state index in [9.17, 15) is 17.6 Å². The molecule has 1 aliphatic heterocycles. The van der Waals surface area contributed by atoms with E-state index in [-0.39, 0.29) is 9.59 Å². The van der Waals surface area contributed by atoms with Gasteiger partial charge in [0.15, 0.2) is 10.7 Å². The molecule has 3 rings (SSSR count). The van der Waals surface area contributed by atoms with E-state index in [0.29, 0.717) is 16.7 Å². The lowest BCUT2D eigenvalue weighted by Crippen LogP contribution is -2.45. The van der Waals surface area contributed by atoms with Gasteiger partial charge in [0.1, 0.15) is 11.6 Å². The van der Waals surface area contributed by atoms with E-state index < -0.39 is 33.1 Å². The molecule has 0 saturated carbocycles. The van der Waals surface area contributed by atoms with Crippen LogP contribution in [-0.2, 0) is 26.2 Å². The van der Waals surface area contributed by atoms with Crippen LogP contribution >= 0.6 is 28.1 Å². The molecule has 0 spiro atoms. The summed E-state index contributed by atoms with van der Waals surface area (Å²) in [5, 5.41) is 3.17. The molecule has 2 N–H and O–H groups in total. The smallest absolute Gasteiger partial charge is 0.269 e. The lowest BCUT2D eigenvalue weighted by Gasteiger charge is -2.29. The fourth-order valence-electron chi connectivity index (χ4n) is 3.03. The molecule has 142 valence electrons. The van der Waals surface area contributed by atoms with Gasteiger partial charge in [-0.25, -0.2) is 4.39 Å². The minimum Gasteiger partial charge on any atom is -0.341 e. The quantitative estimate of drug-likeness (QED) is 0.525. The summed E-state index contributed by atoms with van der Waals surface area (Å²) in [7, 11) is -2.73. The Labute approximate surface area is 169 Å². The monoisotopic (exact) mass is 472 g/mol. The van der Waals surface area contributed by atoms with Crippen LogP contribution in [0.5, 0.6) is 0 Å². The Morgan fingerprint density at radius 1 is 1.26 bits per heavy atom. The zero-order valence-corrected chi connectivity index (χ0v) is 17.2. The van der Waals surface area contributed by atoms with Gasteiger partial charge in [0, 0.05) is 7.05 Å². The average Bonchev–Trinajstić information content (AvgIpc) is 2.81. The highest BCUT2D eigenvalue weighted by molar-refractivity contribution is 9.10. The van der Waals surface area contributed by atoms with Crippen LogP contribution in [-0.4, -0.2) is 35.9 Å². The summed E-state index contributed by atoms with van der Waals surface area (Å²) in [5.74, 6) is -1.48. The van der Waals surface area contributed by atoms with Gasteiger partial charge in [-0.05, 0) is 57.0 Å². The van der Waals surface area contributed by atoms with Crippen molar-refractivity contribution in [2.24, 2.45) is 0 Å². The predicted octanol–water partition coefficient (Wildman–Crippen LogP) is 2.57. The van der Waals surface area contributed by atoms with Gasteiger partial charge >= 0.3 is 0 Å². The van der Waals surface area contributed by atoms with Crippen LogP contribution in [0.25, 0.3) is 0 Å². The molecular formula is C17H14BrFN2O4S2. The number of halogens is 2. The number of nitrogens with one attached hydrogen (secondary N) is 1. The molecule has 6 nitrogen and oxygen atoms in total. The van der Waals surface area contributed by atoms with E-state index in [2.05, 4.69) is 21.2 Å². The summed E-state index contributed by atoms with van der Waals surface area (Å²) < 4.78 is 45.5. The van der Waals surface area contributed by atoms with E-state index in [0.717, 1.165) is 0 Å². The van der Waals surface area contributed by atoms with Gasteiger partial charge in [-0.1, -0.05) is 30.3 Å². The summed E-state index contributed by atoms with van der Waals surface area (Å²) >= 11 is 8.34. The second-order valence-corrected chi connectivity index (χ2v) is 8.79. The number of carbonyl (C=O) groups excluding carboxylic acids is 1. The highest BCUT2D eigenvalue weighted by Gasteiger charge is 2.51. The molecule has 0 aliphatic carbocycles. The molecule has 1 heterocycles. The van der Waals surface area contributed by atoms with Crippen molar-refractivity contribution in [1.29, 1.82) is 0 Å². The zero-order chi connectivity index (χ0) is 20.0. The molecule has 2 aromatic rings. The molecular weight excluding hydrogens is 459 g/mol. The van der Waals surface area contributed by atoms with Crippen molar-refractivity contribution in [3.8, 4) is 0 Å². The summed E-state index contributed by atoms with van der Waals surface area (Å²) in [4.78, 5) is 14.4. The van der Waals surface area contributed by atoms with Crippen LogP contribution in [0.1, 0.15) is 16.7 Å². The Bertz CT molecular complexity index is 1060. The molecule has 0 bridgehead atoms. The molecule has 1 unspecified atom stereocenters. The SMILES string of the molecule is CN1C(=O)C(c2cccc(CS(=O)(=O)O)c2)(c2ccc(F)c(Br)c2)NC1=S. The van der Waals surface area contributed by atoms with Gasteiger partial charge in [-0.15, -0.1) is 0 Å². The van der Waals surface area contributed by atoms with Crippen molar-refractivity contribution < 1.29 is 22.2 Å². The Hall–Kier alpha value is -1.88. The first kappa shape index (κ1) is 19.9. The number of nitrogens with zero attached hydrogens (tertiary/aromatic N) is 1. The van der Waals surface area contributed by atoms with Crippen molar-refractivity contribution >= 4 is 49.3 Å². The minimum absolute atomic E-state index is 0.170. The van der Waals surface area contributed by atoms with Crippen molar-refractivity contribution in [2.75, 3.05) is 7.05 Å². The molecule has 1 fully saturated rings. The first-order valence-electron chi connectivity index (χ1n) is 7.65. The maximum atomic E-state index is 13.7. The van der Waals surface area contributed by atoms with E-state index >= 15 is 0 Å². The Balaban J connectivity index is 2.23. The van der Waals surface area contributed by atoms with Gasteiger partial charge in [-0.3, -0.25) is 14.2 Å². The minimum atomic E-state index is -4.25. The summed E-state index contributed by atoms with van der Waals surface area (Å²) in [5.41, 5.74) is -0.307. The predicted molar refractivity (Wildman–Crippen MR) is 105 cm³/mol. The lowest BCUT2D eigenvalue weighted by molar-refractivity contribution is -0.129. The third-order valence-corrected chi connectivity index (χ3v) is 5.97. The van der Waals surface area contributed by atoms with Crippen molar-refractivity contribution in [2.45, 2.75) is 11.3 Å². The summed E-state index contributed by atoms with van der Waals surface area (Å²) in [6.07, 6.45) is 0. The zero-order valence-electron chi connectivity index (χ0n) is 13.9. The summed E-state index contributed by atoms with van der Waals surface area (Å²) in [6.45, 7) is 0. The number of benzene rings is 2. The Morgan fingerprint density at radius 3 is 2.48 bits per heavy atom. The van der Waals surface area contributed by atoms with E-state index in [1.165, 1.54) is 42.3 Å². The maximum absolute atomic E-state index is 13.7. The normalized spacial score (nSPS) is 20.1. The number of hydrogen-bond acceptors (Lipinski definition) is 4. The highest BCUT2D eigenvalue weighted by atomic mass is 79.9. The highest BCUT2D eigenvalue weighted by Crippen LogP contribution is 2.37. The van der Waals surface area contributed by atoms with Crippen LogP contribution in [0, 0.1) is 5.82 Å². The van der Waals surface area contributed by atoms with E-state index in [4.69, 9.17) is 16.8 Å².